The highest BCUT2D eigenvalue weighted by atomic mass is 35.5. The van der Waals surface area contributed by atoms with Gasteiger partial charge in [-0.25, -0.2) is 4.79 Å². The summed E-state index contributed by atoms with van der Waals surface area (Å²) in [6.45, 7) is 0. The molecule has 0 aliphatic carbocycles. The smallest absolute Gasteiger partial charge is 0.379 e. The minimum atomic E-state index is -4.11. The van der Waals surface area contributed by atoms with Gasteiger partial charge in [0.25, 0.3) is 0 Å². The Bertz CT molecular complexity index is 423. The first-order valence-electron chi connectivity index (χ1n) is 3.63. The third-order valence-electron chi connectivity index (χ3n) is 1.66. The summed E-state index contributed by atoms with van der Waals surface area (Å²) in [5, 5.41) is 7.58. The number of anilines is 1. The molecule has 0 aliphatic rings. The maximum atomic E-state index is 13.1. The van der Waals surface area contributed by atoms with E-state index in [9.17, 15) is 13.6 Å². The van der Waals surface area contributed by atoms with Gasteiger partial charge in [-0.1, -0.05) is 23.2 Å². The molecule has 7 heteroatoms. The lowest BCUT2D eigenvalue weighted by Crippen LogP contribution is -2.26. The Balaban J connectivity index is 3.43. The first-order valence-corrected chi connectivity index (χ1v) is 4.38. The number of nitrogen functional groups attached to an aromatic ring is 1. The summed E-state index contributed by atoms with van der Waals surface area (Å²) < 4.78 is 26.2. The highest BCUT2D eigenvalue weighted by Crippen LogP contribution is 2.38. The van der Waals surface area contributed by atoms with Crippen LogP contribution in [0.4, 0.5) is 14.5 Å². The minimum absolute atomic E-state index is 0.0830. The van der Waals surface area contributed by atoms with Crippen molar-refractivity contribution in [2.75, 3.05) is 5.73 Å². The van der Waals surface area contributed by atoms with Crippen molar-refractivity contribution >= 4 is 34.9 Å². The molecule has 0 spiro atoms. The van der Waals surface area contributed by atoms with Gasteiger partial charge >= 0.3 is 11.9 Å². The Morgan fingerprint density at radius 1 is 1.40 bits per heavy atom. The van der Waals surface area contributed by atoms with E-state index in [4.69, 9.17) is 34.0 Å². The zero-order chi connectivity index (χ0) is 11.8. The Hall–Kier alpha value is -1.07. The average molecular weight is 256 g/mol. The quantitative estimate of drug-likeness (QED) is 0.799. The maximum Gasteiger partial charge on any atom is 0.379 e. The molecule has 0 amide bonds. The van der Waals surface area contributed by atoms with Gasteiger partial charge in [0.05, 0.1) is 15.6 Å². The summed E-state index contributed by atoms with van der Waals surface area (Å²) in [4.78, 5) is 10.3. The van der Waals surface area contributed by atoms with Crippen molar-refractivity contribution in [1.29, 1.82) is 0 Å². The van der Waals surface area contributed by atoms with Crippen LogP contribution in [0, 0.1) is 0 Å². The molecule has 0 aromatic heterocycles. The molecule has 0 bridgehead atoms. The van der Waals surface area contributed by atoms with Gasteiger partial charge in [-0.2, -0.15) is 8.78 Å². The Morgan fingerprint density at radius 3 is 2.40 bits per heavy atom. The van der Waals surface area contributed by atoms with Gasteiger partial charge in [-0.15, -0.1) is 0 Å². The summed E-state index contributed by atoms with van der Waals surface area (Å²) in [5.41, 5.74) is 4.26. The van der Waals surface area contributed by atoms with Crippen LogP contribution in [0.2, 0.25) is 10.0 Å². The summed E-state index contributed by atoms with van der Waals surface area (Å²) in [6.07, 6.45) is 0. The Kier molecular flexibility index (Phi) is 3.06. The number of hydrogen-bond acceptors (Lipinski definition) is 2. The van der Waals surface area contributed by atoms with Crippen molar-refractivity contribution in [3.8, 4) is 0 Å². The molecule has 1 aromatic carbocycles. The molecule has 0 saturated carbocycles. The summed E-state index contributed by atoms with van der Waals surface area (Å²) in [5.74, 6) is -6.43. The van der Waals surface area contributed by atoms with Crippen molar-refractivity contribution in [3.05, 3.63) is 27.7 Å². The molecule has 0 fully saturated rings. The number of benzene rings is 1. The van der Waals surface area contributed by atoms with Gasteiger partial charge in [0.1, 0.15) is 0 Å². The van der Waals surface area contributed by atoms with Gasteiger partial charge in [-0.05, 0) is 12.1 Å². The normalized spacial score (nSPS) is 11.5. The van der Waals surface area contributed by atoms with E-state index in [1.165, 1.54) is 0 Å². The lowest BCUT2D eigenvalue weighted by Gasteiger charge is -2.14. The van der Waals surface area contributed by atoms with Crippen LogP contribution in [0.25, 0.3) is 0 Å². The number of nitrogens with two attached hydrogens (primary N) is 1. The largest absolute Gasteiger partial charge is 0.477 e. The zero-order valence-corrected chi connectivity index (χ0v) is 8.61. The predicted molar refractivity (Wildman–Crippen MR) is 52.4 cm³/mol. The molecular formula is C8H5Cl2F2NO2. The molecular weight excluding hydrogens is 251 g/mol. The lowest BCUT2D eigenvalue weighted by molar-refractivity contribution is -0.166. The van der Waals surface area contributed by atoms with Gasteiger partial charge in [0.2, 0.25) is 0 Å². The number of carboxylic acid groups (broad SMARTS) is 1. The van der Waals surface area contributed by atoms with Gasteiger partial charge < -0.3 is 10.8 Å². The second-order valence-corrected chi connectivity index (χ2v) is 3.53. The van der Waals surface area contributed by atoms with E-state index in [1.807, 2.05) is 0 Å². The zero-order valence-electron chi connectivity index (χ0n) is 7.10. The van der Waals surface area contributed by atoms with Crippen LogP contribution in [0.5, 0.6) is 0 Å². The topological polar surface area (TPSA) is 63.3 Å². The SMILES string of the molecule is Nc1cc(Cl)c(Cl)c(C(F)(F)C(=O)O)c1. The van der Waals surface area contributed by atoms with Crippen molar-refractivity contribution in [3.63, 3.8) is 0 Å². The third-order valence-corrected chi connectivity index (χ3v) is 2.46. The summed E-state index contributed by atoms with van der Waals surface area (Å²) in [7, 11) is 0. The van der Waals surface area contributed by atoms with Gasteiger partial charge in [0, 0.05) is 5.69 Å². The van der Waals surface area contributed by atoms with E-state index in [1.54, 1.807) is 0 Å². The monoisotopic (exact) mass is 255 g/mol. The fourth-order valence-corrected chi connectivity index (χ4v) is 1.41. The Morgan fingerprint density at radius 2 is 1.93 bits per heavy atom. The number of carbonyl (C=O) groups is 1. The summed E-state index contributed by atoms with van der Waals surface area (Å²) >= 11 is 11.0. The minimum Gasteiger partial charge on any atom is -0.477 e. The van der Waals surface area contributed by atoms with Gasteiger partial charge in [-0.3, -0.25) is 0 Å². The number of rotatable bonds is 2. The van der Waals surface area contributed by atoms with Crippen molar-refractivity contribution in [2.45, 2.75) is 5.92 Å². The molecule has 0 atom stereocenters. The molecule has 0 saturated heterocycles. The van der Waals surface area contributed by atoms with E-state index in [2.05, 4.69) is 0 Å². The van der Waals surface area contributed by atoms with E-state index >= 15 is 0 Å². The van der Waals surface area contributed by atoms with E-state index in [0.29, 0.717) is 0 Å². The lowest BCUT2D eigenvalue weighted by atomic mass is 10.1. The van der Waals surface area contributed by atoms with Crippen LogP contribution in [-0.2, 0) is 10.7 Å². The van der Waals surface area contributed by atoms with Crippen LogP contribution in [0.1, 0.15) is 5.56 Å². The molecule has 0 aliphatic heterocycles. The van der Waals surface area contributed by atoms with Crippen LogP contribution >= 0.6 is 23.2 Å². The van der Waals surface area contributed by atoms with E-state index in [-0.39, 0.29) is 10.7 Å². The standard InChI is InChI=1S/C8H5Cl2F2NO2/c9-5-2-3(13)1-4(6(5)10)8(11,12)7(14)15/h1-2H,13H2,(H,14,15). The number of hydrogen-bond donors (Lipinski definition) is 2. The fraction of sp³-hybridized carbons (Fsp3) is 0.125. The number of aliphatic carboxylic acids is 1. The molecule has 82 valence electrons. The van der Waals surface area contributed by atoms with E-state index in [0.717, 1.165) is 12.1 Å². The van der Waals surface area contributed by atoms with Crippen molar-refractivity contribution in [2.24, 2.45) is 0 Å². The second kappa shape index (κ2) is 3.83. The number of carboxylic acids is 1. The van der Waals surface area contributed by atoms with Gasteiger partial charge in [0.15, 0.2) is 0 Å². The summed E-state index contributed by atoms with van der Waals surface area (Å²) in [6, 6.07) is 1.94. The average Bonchev–Trinajstić information content (AvgIpc) is 2.10. The third kappa shape index (κ3) is 2.13. The van der Waals surface area contributed by atoms with Crippen LogP contribution in [0.3, 0.4) is 0 Å². The molecule has 0 heterocycles. The molecule has 1 rings (SSSR count). The van der Waals surface area contributed by atoms with Crippen molar-refractivity contribution in [1.82, 2.24) is 0 Å². The van der Waals surface area contributed by atoms with Crippen LogP contribution < -0.4 is 5.73 Å². The number of alkyl halides is 2. The highest BCUT2D eigenvalue weighted by Gasteiger charge is 2.43. The highest BCUT2D eigenvalue weighted by molar-refractivity contribution is 6.42. The molecule has 0 unspecified atom stereocenters. The van der Waals surface area contributed by atoms with Crippen LogP contribution in [0.15, 0.2) is 12.1 Å². The van der Waals surface area contributed by atoms with E-state index < -0.39 is 22.5 Å². The van der Waals surface area contributed by atoms with Crippen LogP contribution in [-0.4, -0.2) is 11.1 Å². The fourth-order valence-electron chi connectivity index (χ4n) is 0.954. The molecule has 0 radical (unpaired) electrons. The second-order valence-electron chi connectivity index (χ2n) is 2.74. The molecule has 3 nitrogen and oxygen atoms in total. The number of halogens is 4. The first kappa shape index (κ1) is 12.0. The molecule has 1 aromatic rings. The predicted octanol–water partition coefficient (Wildman–Crippen LogP) is 2.75. The van der Waals surface area contributed by atoms with Crippen molar-refractivity contribution < 1.29 is 18.7 Å². The maximum absolute atomic E-state index is 13.1. The Labute approximate surface area is 93.4 Å². The first-order chi connectivity index (χ1) is 6.76. The molecule has 15 heavy (non-hydrogen) atoms. The molecule has 3 N–H and O–H groups in total.